The fraction of sp³-hybridized carbons (Fsp3) is 0. The second kappa shape index (κ2) is 21.1. The molecular weight excluding hydrogens is 534 g/mol. The molecule has 0 amide bonds. The van der Waals surface area contributed by atoms with Crippen LogP contribution in [0.4, 0.5) is 0 Å². The van der Waals surface area contributed by atoms with Gasteiger partial charge >= 0.3 is 0 Å². The third kappa shape index (κ3) is 12.7. The van der Waals surface area contributed by atoms with Gasteiger partial charge in [-0.2, -0.15) is 108 Å². The summed E-state index contributed by atoms with van der Waals surface area (Å²) >= 11 is 0. The van der Waals surface area contributed by atoms with Gasteiger partial charge in [-0.15, -0.1) is 84.1 Å². The smallest absolute Gasteiger partial charge is 0 e. The molecule has 0 saturated carbocycles. The molecule has 0 atom stereocenters. The summed E-state index contributed by atoms with van der Waals surface area (Å²) in [6.45, 7) is 0. The van der Waals surface area contributed by atoms with E-state index in [4.69, 9.17) is 0 Å². The van der Waals surface area contributed by atoms with E-state index < -0.39 is 0 Å². The minimum absolute atomic E-state index is 0. The zero-order valence-corrected chi connectivity index (χ0v) is 23.3. The molecule has 0 unspecified atom stereocenters. The van der Waals surface area contributed by atoms with Crippen molar-refractivity contribution in [2.45, 2.75) is 0 Å². The van der Waals surface area contributed by atoms with E-state index in [2.05, 4.69) is 97.1 Å². The molecule has 0 nitrogen and oxygen atoms in total. The molecule has 0 saturated heterocycles. The maximum Gasteiger partial charge on any atom is 0 e. The number of hydrogen-bond acceptors (Lipinski definition) is 0. The standard InChI is InChI=1S/2C9H7.2C6H5.CH3.2ClH.Zr/c2*1-2-5-9-7-3-6-8(9)4-1;2*1-2-4-6-5-3-1;;;;/h2*1-7H;2*1-5H;1H3;2*1H;/q5*-1;;;. The predicted octanol–water partition coefficient (Wildman–Crippen LogP) is 9.38. The van der Waals surface area contributed by atoms with E-state index in [0.717, 1.165) is 0 Å². The Hall–Kier alpha value is -2.44. The van der Waals surface area contributed by atoms with E-state index in [9.17, 15) is 0 Å². The summed E-state index contributed by atoms with van der Waals surface area (Å²) in [6, 6.07) is 54.3. The van der Waals surface area contributed by atoms with Gasteiger partial charge < -0.3 is 7.43 Å². The number of rotatable bonds is 0. The van der Waals surface area contributed by atoms with E-state index in [0.29, 0.717) is 0 Å². The second-order valence-corrected chi connectivity index (χ2v) is 6.46. The first-order valence-electron chi connectivity index (χ1n) is 9.96. The fourth-order valence-corrected chi connectivity index (χ4v) is 2.82. The van der Waals surface area contributed by atoms with Crippen molar-refractivity contribution in [1.29, 1.82) is 0 Å². The largest absolute Gasteiger partial charge is 0.358 e. The quantitative estimate of drug-likeness (QED) is 0.162. The molecule has 3 heteroatoms. The summed E-state index contributed by atoms with van der Waals surface area (Å²) in [5.41, 5.74) is 0. The van der Waals surface area contributed by atoms with Crippen LogP contribution in [0, 0.1) is 19.6 Å². The third-order valence-electron chi connectivity index (χ3n) is 4.31. The monoisotopic (exact) mass is 561 g/mol. The average molecular weight is 564 g/mol. The van der Waals surface area contributed by atoms with Crippen LogP contribution in [0.25, 0.3) is 21.5 Å². The second-order valence-electron chi connectivity index (χ2n) is 6.46. The number of halogens is 2. The van der Waals surface area contributed by atoms with Crippen LogP contribution >= 0.6 is 24.8 Å². The molecule has 0 aliphatic rings. The van der Waals surface area contributed by atoms with Gasteiger partial charge in [0.15, 0.2) is 0 Å². The van der Waals surface area contributed by atoms with E-state index in [1.165, 1.54) is 21.5 Å². The molecule has 6 aromatic carbocycles. The van der Waals surface area contributed by atoms with E-state index in [1.54, 1.807) is 0 Å². The van der Waals surface area contributed by atoms with Crippen LogP contribution in [-0.4, -0.2) is 0 Å². The molecule has 34 heavy (non-hydrogen) atoms. The molecule has 176 valence electrons. The summed E-state index contributed by atoms with van der Waals surface area (Å²) in [5.74, 6) is 0. The SMILES string of the molecule is Cl.Cl.[CH3-].[Zr].[c-]1ccccc1.[c-]1ccccc1.c1ccc2[cH-]ccc2c1.c1ccc2[cH-]ccc2c1. The summed E-state index contributed by atoms with van der Waals surface area (Å²) < 4.78 is 0. The Morgan fingerprint density at radius 2 is 0.794 bits per heavy atom. The van der Waals surface area contributed by atoms with Gasteiger partial charge in [0.1, 0.15) is 0 Å². The Balaban J connectivity index is 0. The first kappa shape index (κ1) is 33.7. The Labute approximate surface area is 236 Å². The van der Waals surface area contributed by atoms with Crippen LogP contribution in [0.5, 0.6) is 0 Å². The Morgan fingerprint density at radius 1 is 0.441 bits per heavy atom. The van der Waals surface area contributed by atoms with Crippen molar-refractivity contribution in [3.63, 3.8) is 0 Å². The van der Waals surface area contributed by atoms with Gasteiger partial charge in [-0.1, -0.05) is 12.1 Å². The van der Waals surface area contributed by atoms with Crippen molar-refractivity contribution in [2.24, 2.45) is 0 Å². The Morgan fingerprint density at radius 3 is 1.06 bits per heavy atom. The summed E-state index contributed by atoms with van der Waals surface area (Å²) in [7, 11) is 0. The van der Waals surface area contributed by atoms with Crippen LogP contribution in [-0.2, 0) is 26.2 Å². The van der Waals surface area contributed by atoms with Gasteiger partial charge in [0.05, 0.1) is 0 Å². The molecular formula is C31H29Cl2Zr-5. The number of benzene rings is 4. The predicted molar refractivity (Wildman–Crippen MR) is 151 cm³/mol. The minimum atomic E-state index is 0. The van der Waals surface area contributed by atoms with Gasteiger partial charge in [-0.25, -0.2) is 0 Å². The molecule has 0 radical (unpaired) electrons. The van der Waals surface area contributed by atoms with Crippen LogP contribution in [0.2, 0.25) is 0 Å². The fourth-order valence-electron chi connectivity index (χ4n) is 2.82. The Bertz CT molecular complexity index is 984. The zero-order valence-electron chi connectivity index (χ0n) is 19.2. The van der Waals surface area contributed by atoms with Crippen LogP contribution in [0.15, 0.2) is 146 Å². The normalized spacial score (nSPS) is 8.24. The van der Waals surface area contributed by atoms with Crippen molar-refractivity contribution < 1.29 is 26.2 Å². The zero-order chi connectivity index (χ0) is 20.7. The third-order valence-corrected chi connectivity index (χ3v) is 4.31. The van der Waals surface area contributed by atoms with Crippen molar-refractivity contribution in [3.05, 3.63) is 165 Å². The first-order valence-corrected chi connectivity index (χ1v) is 9.96. The Kier molecular flexibility index (Phi) is 21.0. The maximum atomic E-state index is 2.89. The van der Waals surface area contributed by atoms with E-state index >= 15 is 0 Å². The minimum Gasteiger partial charge on any atom is -0.358 e. The van der Waals surface area contributed by atoms with Gasteiger partial charge in [0.2, 0.25) is 0 Å². The molecule has 0 aliphatic carbocycles. The van der Waals surface area contributed by atoms with E-state index in [1.807, 2.05) is 60.7 Å². The number of hydrogen-bond donors (Lipinski definition) is 0. The van der Waals surface area contributed by atoms with E-state index in [-0.39, 0.29) is 58.4 Å². The number of fused-ring (bicyclic) bond motifs is 2. The molecule has 0 N–H and O–H groups in total. The molecule has 6 rings (SSSR count). The van der Waals surface area contributed by atoms with Gasteiger partial charge in [-0.3, -0.25) is 0 Å². The molecule has 6 aromatic rings. The molecule has 0 aliphatic heterocycles. The van der Waals surface area contributed by atoms with Gasteiger partial charge in [0.25, 0.3) is 0 Å². The average Bonchev–Trinajstić information content (AvgIpc) is 3.52. The topological polar surface area (TPSA) is 0 Å². The van der Waals surface area contributed by atoms with Crippen LogP contribution in [0.1, 0.15) is 0 Å². The van der Waals surface area contributed by atoms with Crippen molar-refractivity contribution in [2.75, 3.05) is 0 Å². The van der Waals surface area contributed by atoms with Crippen molar-refractivity contribution >= 4 is 46.4 Å². The van der Waals surface area contributed by atoms with Gasteiger partial charge in [-0.05, 0) is 0 Å². The molecule has 0 fully saturated rings. The van der Waals surface area contributed by atoms with Gasteiger partial charge in [0, 0.05) is 26.2 Å². The summed E-state index contributed by atoms with van der Waals surface area (Å²) in [6.07, 6.45) is 0. The molecule has 0 bridgehead atoms. The first-order chi connectivity index (χ1) is 14.9. The van der Waals surface area contributed by atoms with Crippen molar-refractivity contribution in [3.8, 4) is 0 Å². The molecule has 0 heterocycles. The van der Waals surface area contributed by atoms with Crippen molar-refractivity contribution in [1.82, 2.24) is 0 Å². The van der Waals surface area contributed by atoms with Crippen LogP contribution < -0.4 is 0 Å². The molecule has 0 spiro atoms. The molecule has 0 aromatic heterocycles. The summed E-state index contributed by atoms with van der Waals surface area (Å²) in [4.78, 5) is 0. The van der Waals surface area contributed by atoms with Crippen LogP contribution in [0.3, 0.4) is 0 Å². The maximum absolute atomic E-state index is 2.89. The summed E-state index contributed by atoms with van der Waals surface area (Å²) in [5, 5.41) is 5.32.